The summed E-state index contributed by atoms with van der Waals surface area (Å²) < 4.78 is 10.9. The van der Waals surface area contributed by atoms with Gasteiger partial charge in [0.25, 0.3) is 0 Å². The molecule has 15 heavy (non-hydrogen) atoms. The van der Waals surface area contributed by atoms with Crippen LogP contribution in [0.15, 0.2) is 24.3 Å². The Labute approximate surface area is 95.2 Å². The van der Waals surface area contributed by atoms with E-state index in [1.165, 1.54) is 0 Å². The molecule has 0 atom stereocenters. The number of thiocarbonyl (C=S) groups is 1. The van der Waals surface area contributed by atoms with Crippen molar-refractivity contribution in [2.75, 3.05) is 7.11 Å². The number of methoxy groups -OCH3 is 1. The van der Waals surface area contributed by atoms with Gasteiger partial charge in [0.2, 0.25) is 0 Å². The molecule has 0 fully saturated rings. The van der Waals surface area contributed by atoms with Crippen LogP contribution in [0.25, 0.3) is 0 Å². The molecule has 0 bridgehead atoms. The lowest BCUT2D eigenvalue weighted by Crippen LogP contribution is -2.42. The van der Waals surface area contributed by atoms with Crippen LogP contribution in [0.3, 0.4) is 0 Å². The van der Waals surface area contributed by atoms with Crippen LogP contribution in [0, 0.1) is 0 Å². The van der Waals surface area contributed by atoms with Gasteiger partial charge in [-0.2, -0.15) is 0 Å². The van der Waals surface area contributed by atoms with Gasteiger partial charge < -0.3 is 15.2 Å². The first-order valence-corrected chi connectivity index (χ1v) is 5.00. The maximum absolute atomic E-state index is 5.69. The van der Waals surface area contributed by atoms with E-state index in [-0.39, 0.29) is 0 Å². The van der Waals surface area contributed by atoms with E-state index in [1.807, 2.05) is 38.1 Å². The fourth-order valence-corrected chi connectivity index (χ4v) is 1.07. The van der Waals surface area contributed by atoms with Crippen molar-refractivity contribution >= 4 is 17.2 Å². The van der Waals surface area contributed by atoms with Gasteiger partial charge in [-0.1, -0.05) is 24.4 Å². The maximum Gasteiger partial charge on any atom is 0.162 e. The lowest BCUT2D eigenvalue weighted by atomic mass is 10.1. The lowest BCUT2D eigenvalue weighted by Gasteiger charge is -2.25. The van der Waals surface area contributed by atoms with Gasteiger partial charge in [0.15, 0.2) is 17.1 Å². The molecule has 0 unspecified atom stereocenters. The van der Waals surface area contributed by atoms with Gasteiger partial charge in [0.05, 0.1) is 7.11 Å². The van der Waals surface area contributed by atoms with Crippen molar-refractivity contribution in [1.82, 2.24) is 0 Å². The van der Waals surface area contributed by atoms with Crippen LogP contribution in [0.1, 0.15) is 13.8 Å². The molecule has 0 spiro atoms. The van der Waals surface area contributed by atoms with Crippen LogP contribution in [0.2, 0.25) is 0 Å². The summed E-state index contributed by atoms with van der Waals surface area (Å²) in [6, 6.07) is 7.39. The fraction of sp³-hybridized carbons (Fsp3) is 0.364. The third kappa shape index (κ3) is 2.83. The number of nitrogens with two attached hydrogens (primary N) is 1. The quantitative estimate of drug-likeness (QED) is 0.797. The Morgan fingerprint density at radius 1 is 1.27 bits per heavy atom. The predicted octanol–water partition coefficient (Wildman–Crippen LogP) is 2.14. The number of hydrogen-bond acceptors (Lipinski definition) is 3. The number of para-hydroxylation sites is 2. The first kappa shape index (κ1) is 11.8. The van der Waals surface area contributed by atoms with Gasteiger partial charge in [0.1, 0.15) is 4.99 Å². The second-order valence-corrected chi connectivity index (χ2v) is 4.07. The van der Waals surface area contributed by atoms with Crippen molar-refractivity contribution in [3.05, 3.63) is 24.3 Å². The Morgan fingerprint density at radius 2 is 1.80 bits per heavy atom. The Kier molecular flexibility index (Phi) is 3.52. The molecule has 0 aromatic heterocycles. The van der Waals surface area contributed by atoms with E-state index in [0.29, 0.717) is 16.5 Å². The Hall–Kier alpha value is -1.29. The van der Waals surface area contributed by atoms with Crippen LogP contribution in [-0.2, 0) is 0 Å². The molecule has 4 heteroatoms. The summed E-state index contributed by atoms with van der Waals surface area (Å²) in [6.07, 6.45) is 0. The van der Waals surface area contributed by atoms with Crippen LogP contribution in [0.5, 0.6) is 11.5 Å². The second kappa shape index (κ2) is 4.49. The van der Waals surface area contributed by atoms with Crippen LogP contribution in [0.4, 0.5) is 0 Å². The zero-order valence-electron chi connectivity index (χ0n) is 9.11. The largest absolute Gasteiger partial charge is 0.493 e. The summed E-state index contributed by atoms with van der Waals surface area (Å²) >= 11 is 4.92. The standard InChI is InChI=1S/C11H15NO2S/c1-11(2,10(12)15)14-9-7-5-4-6-8(9)13-3/h4-7H,1-3H3,(H2,12,15). The molecule has 1 aromatic carbocycles. The van der Waals surface area contributed by atoms with Crippen LogP contribution < -0.4 is 15.2 Å². The van der Waals surface area contributed by atoms with Gasteiger partial charge in [0, 0.05) is 0 Å². The number of hydrogen-bond donors (Lipinski definition) is 1. The molecular formula is C11H15NO2S. The molecule has 0 aliphatic heterocycles. The van der Waals surface area contributed by atoms with Gasteiger partial charge in [-0.05, 0) is 26.0 Å². The van der Waals surface area contributed by atoms with E-state index >= 15 is 0 Å². The number of ether oxygens (including phenoxy) is 2. The van der Waals surface area contributed by atoms with E-state index in [9.17, 15) is 0 Å². The topological polar surface area (TPSA) is 44.5 Å². The summed E-state index contributed by atoms with van der Waals surface area (Å²) in [5.41, 5.74) is 4.90. The summed E-state index contributed by atoms with van der Waals surface area (Å²) in [6.45, 7) is 3.64. The Morgan fingerprint density at radius 3 is 2.27 bits per heavy atom. The third-order valence-corrected chi connectivity index (χ3v) is 2.52. The number of rotatable bonds is 4. The van der Waals surface area contributed by atoms with Gasteiger partial charge in [-0.3, -0.25) is 0 Å². The Bertz CT molecular complexity index is 363. The highest BCUT2D eigenvalue weighted by Crippen LogP contribution is 2.29. The molecule has 0 aliphatic rings. The minimum Gasteiger partial charge on any atom is -0.493 e. The van der Waals surface area contributed by atoms with E-state index in [1.54, 1.807) is 7.11 Å². The van der Waals surface area contributed by atoms with E-state index < -0.39 is 5.60 Å². The monoisotopic (exact) mass is 225 g/mol. The van der Waals surface area contributed by atoms with Crippen molar-refractivity contribution in [3.63, 3.8) is 0 Å². The van der Waals surface area contributed by atoms with Gasteiger partial charge in [-0.25, -0.2) is 0 Å². The van der Waals surface area contributed by atoms with E-state index in [2.05, 4.69) is 0 Å². The highest BCUT2D eigenvalue weighted by atomic mass is 32.1. The molecule has 3 nitrogen and oxygen atoms in total. The molecule has 2 N–H and O–H groups in total. The smallest absolute Gasteiger partial charge is 0.162 e. The molecule has 0 saturated heterocycles. The zero-order valence-corrected chi connectivity index (χ0v) is 9.93. The van der Waals surface area contributed by atoms with Gasteiger partial charge >= 0.3 is 0 Å². The van der Waals surface area contributed by atoms with Crippen molar-refractivity contribution in [3.8, 4) is 11.5 Å². The minimum absolute atomic E-state index is 0.313. The normalized spacial score (nSPS) is 10.9. The van der Waals surface area contributed by atoms with Gasteiger partial charge in [-0.15, -0.1) is 0 Å². The van der Waals surface area contributed by atoms with Crippen molar-refractivity contribution in [2.24, 2.45) is 5.73 Å². The van der Waals surface area contributed by atoms with Crippen molar-refractivity contribution < 1.29 is 9.47 Å². The lowest BCUT2D eigenvalue weighted by molar-refractivity contribution is 0.176. The third-order valence-electron chi connectivity index (χ3n) is 2.03. The fourth-order valence-electron chi connectivity index (χ4n) is 1.03. The average Bonchev–Trinajstić information content (AvgIpc) is 2.18. The van der Waals surface area contributed by atoms with Crippen LogP contribution in [-0.4, -0.2) is 17.7 Å². The summed E-state index contributed by atoms with van der Waals surface area (Å²) in [7, 11) is 1.59. The summed E-state index contributed by atoms with van der Waals surface area (Å²) in [4.78, 5) is 0.313. The first-order chi connectivity index (χ1) is 6.97. The highest BCUT2D eigenvalue weighted by molar-refractivity contribution is 7.80. The number of benzene rings is 1. The van der Waals surface area contributed by atoms with Crippen molar-refractivity contribution in [2.45, 2.75) is 19.4 Å². The highest BCUT2D eigenvalue weighted by Gasteiger charge is 2.24. The molecule has 0 heterocycles. The molecular weight excluding hydrogens is 210 g/mol. The minimum atomic E-state index is -0.677. The molecule has 0 aliphatic carbocycles. The zero-order chi connectivity index (χ0) is 11.5. The van der Waals surface area contributed by atoms with E-state index in [4.69, 9.17) is 27.4 Å². The van der Waals surface area contributed by atoms with Crippen LogP contribution >= 0.6 is 12.2 Å². The molecule has 1 rings (SSSR count). The first-order valence-electron chi connectivity index (χ1n) is 4.59. The molecule has 0 amide bonds. The maximum atomic E-state index is 5.69. The molecule has 82 valence electrons. The molecule has 0 saturated carbocycles. The SMILES string of the molecule is COc1ccccc1OC(C)(C)C(N)=S. The second-order valence-electron chi connectivity index (χ2n) is 3.63. The summed E-state index contributed by atoms with van der Waals surface area (Å²) in [5.74, 6) is 1.31. The van der Waals surface area contributed by atoms with E-state index in [0.717, 1.165) is 0 Å². The molecule has 1 aromatic rings. The molecule has 0 radical (unpaired) electrons. The predicted molar refractivity (Wildman–Crippen MR) is 64.5 cm³/mol. The van der Waals surface area contributed by atoms with Crippen molar-refractivity contribution in [1.29, 1.82) is 0 Å². The summed E-state index contributed by atoms with van der Waals surface area (Å²) in [5, 5.41) is 0. The average molecular weight is 225 g/mol. The Balaban J connectivity index is 2.94.